The summed E-state index contributed by atoms with van der Waals surface area (Å²) >= 11 is 0. The Hall–Kier alpha value is -2.95. The van der Waals surface area contributed by atoms with E-state index in [0.717, 1.165) is 22.6 Å². The number of benzene rings is 1. The highest BCUT2D eigenvalue weighted by atomic mass is 16.5. The molecule has 0 fully saturated rings. The van der Waals surface area contributed by atoms with Gasteiger partial charge in [-0.3, -0.25) is 9.59 Å². The molecule has 1 N–H and O–H groups in total. The molecule has 0 spiro atoms. The van der Waals surface area contributed by atoms with E-state index in [1.807, 2.05) is 36.4 Å². The highest BCUT2D eigenvalue weighted by Gasteiger charge is 2.32. The lowest BCUT2D eigenvalue weighted by Gasteiger charge is -2.34. The van der Waals surface area contributed by atoms with Crippen molar-refractivity contribution in [1.82, 2.24) is 5.32 Å². The van der Waals surface area contributed by atoms with E-state index in [-0.39, 0.29) is 29.6 Å². The van der Waals surface area contributed by atoms with E-state index in [9.17, 15) is 9.59 Å². The highest BCUT2D eigenvalue weighted by molar-refractivity contribution is 6.11. The lowest BCUT2D eigenvalue weighted by Crippen LogP contribution is -2.36. The maximum atomic E-state index is 12.3. The Balaban J connectivity index is 1.76. The van der Waals surface area contributed by atoms with Gasteiger partial charge in [-0.1, -0.05) is 39.0 Å². The predicted octanol–water partition coefficient (Wildman–Crippen LogP) is 3.38. The Morgan fingerprint density at radius 3 is 2.52 bits per heavy atom. The van der Waals surface area contributed by atoms with Crippen molar-refractivity contribution in [2.24, 2.45) is 16.3 Å². The van der Waals surface area contributed by atoms with E-state index in [1.165, 1.54) is 0 Å². The lowest BCUT2D eigenvalue weighted by atomic mass is 9.74. The third kappa shape index (κ3) is 4.42. The van der Waals surface area contributed by atoms with Crippen LogP contribution < -0.4 is 10.1 Å². The second kappa shape index (κ2) is 7.35. The number of allylic oxidation sites excluding steroid dienone is 3. The van der Waals surface area contributed by atoms with E-state index < -0.39 is 0 Å². The number of hydrogen-bond acceptors (Lipinski definition) is 3. The number of amides is 2. The Morgan fingerprint density at radius 2 is 1.89 bits per heavy atom. The van der Waals surface area contributed by atoms with Crippen molar-refractivity contribution in [3.63, 3.8) is 0 Å². The average Bonchev–Trinajstić information content (AvgIpc) is 2.60. The number of hydrogen-bond donors (Lipinski definition) is 1. The molecule has 1 aromatic rings. The third-order valence-corrected chi connectivity index (χ3v) is 4.62. The number of carbonyl (C=O) groups is 2. The van der Waals surface area contributed by atoms with Gasteiger partial charge < -0.3 is 10.1 Å². The molecule has 5 heteroatoms. The molecule has 0 saturated carbocycles. The largest absolute Gasteiger partial charge is 0.497 e. The lowest BCUT2D eigenvalue weighted by molar-refractivity contribution is -0.117. The fourth-order valence-electron chi connectivity index (χ4n) is 3.24. The fourth-order valence-corrected chi connectivity index (χ4v) is 3.24. The Morgan fingerprint density at radius 1 is 1.19 bits per heavy atom. The SMILES string of the molecule is COc1ccc(CC(=O)N=C2C=CC3C(=C2)NC(=O)C=C3C(C)(C)C)cc1. The molecule has 0 aromatic heterocycles. The van der Waals surface area contributed by atoms with Gasteiger partial charge in [0.25, 0.3) is 5.91 Å². The van der Waals surface area contributed by atoms with E-state index in [0.29, 0.717) is 5.71 Å². The van der Waals surface area contributed by atoms with Gasteiger partial charge in [-0.25, -0.2) is 4.99 Å². The summed E-state index contributed by atoms with van der Waals surface area (Å²) in [5, 5.41) is 2.87. The van der Waals surface area contributed by atoms with Gasteiger partial charge in [0.2, 0.25) is 5.91 Å². The summed E-state index contributed by atoms with van der Waals surface area (Å²) in [4.78, 5) is 28.5. The Labute approximate surface area is 159 Å². The summed E-state index contributed by atoms with van der Waals surface area (Å²) in [6.45, 7) is 6.26. The van der Waals surface area contributed by atoms with Crippen molar-refractivity contribution >= 4 is 17.5 Å². The molecule has 2 aliphatic rings. The molecule has 27 heavy (non-hydrogen) atoms. The standard InChI is InChI=1S/C22H24N2O3/c1-22(2,3)18-13-21(26)24-19-12-15(7-10-17(18)19)23-20(25)11-14-5-8-16(27-4)9-6-14/h5-10,12-13,17H,11H2,1-4H3,(H,24,26). The van der Waals surface area contributed by atoms with Crippen LogP contribution in [0.4, 0.5) is 0 Å². The zero-order valence-corrected chi connectivity index (χ0v) is 16.1. The molecule has 1 aromatic carbocycles. The van der Waals surface area contributed by atoms with Gasteiger partial charge in [0.1, 0.15) is 5.75 Å². The predicted molar refractivity (Wildman–Crippen MR) is 106 cm³/mol. The number of nitrogens with one attached hydrogen (secondary N) is 1. The minimum Gasteiger partial charge on any atom is -0.497 e. The van der Waals surface area contributed by atoms with Crippen molar-refractivity contribution < 1.29 is 14.3 Å². The number of rotatable bonds is 3. The number of nitrogens with zero attached hydrogens (tertiary/aromatic N) is 1. The quantitative estimate of drug-likeness (QED) is 0.894. The van der Waals surface area contributed by atoms with Crippen LogP contribution in [0, 0.1) is 11.3 Å². The molecule has 2 amide bonds. The number of methoxy groups -OCH3 is 1. The third-order valence-electron chi connectivity index (χ3n) is 4.62. The first kappa shape index (κ1) is 18.8. The second-order valence-corrected chi connectivity index (χ2v) is 7.73. The summed E-state index contributed by atoms with van der Waals surface area (Å²) in [5.74, 6) is 0.392. The molecule has 0 bridgehead atoms. The molecule has 140 valence electrons. The van der Waals surface area contributed by atoms with E-state index in [4.69, 9.17) is 4.74 Å². The molecule has 1 aliphatic carbocycles. The fraction of sp³-hybridized carbons (Fsp3) is 0.318. The molecule has 1 aliphatic heterocycles. The van der Waals surface area contributed by atoms with Gasteiger partial charge in [-0.15, -0.1) is 0 Å². The Bertz CT molecular complexity index is 881. The molecular formula is C22H24N2O3. The summed E-state index contributed by atoms with van der Waals surface area (Å²) in [6, 6.07) is 7.34. The monoisotopic (exact) mass is 364 g/mol. The van der Waals surface area contributed by atoms with Crippen molar-refractivity contribution in [2.75, 3.05) is 7.11 Å². The molecule has 1 atom stereocenters. The molecule has 0 radical (unpaired) electrons. The van der Waals surface area contributed by atoms with Gasteiger partial charge >= 0.3 is 0 Å². The van der Waals surface area contributed by atoms with Crippen molar-refractivity contribution in [3.05, 3.63) is 65.4 Å². The first-order valence-corrected chi connectivity index (χ1v) is 8.93. The minimum atomic E-state index is -0.233. The summed E-state index contributed by atoms with van der Waals surface area (Å²) in [6.07, 6.45) is 7.51. The molecule has 5 nitrogen and oxygen atoms in total. The van der Waals surface area contributed by atoms with E-state index >= 15 is 0 Å². The molecule has 1 heterocycles. The highest BCUT2D eigenvalue weighted by Crippen LogP contribution is 2.38. The van der Waals surface area contributed by atoms with Crippen LogP contribution in [0.2, 0.25) is 0 Å². The van der Waals surface area contributed by atoms with Crippen LogP contribution in [0.15, 0.2) is 64.8 Å². The van der Waals surface area contributed by atoms with Crippen molar-refractivity contribution in [3.8, 4) is 5.75 Å². The maximum absolute atomic E-state index is 12.3. The van der Waals surface area contributed by atoms with Gasteiger partial charge in [-0.05, 0) is 40.8 Å². The van der Waals surface area contributed by atoms with Gasteiger partial charge in [-0.2, -0.15) is 0 Å². The minimum absolute atomic E-state index is 0.0124. The van der Waals surface area contributed by atoms with Crippen LogP contribution in [0.25, 0.3) is 0 Å². The average molecular weight is 364 g/mol. The van der Waals surface area contributed by atoms with Gasteiger partial charge in [0, 0.05) is 17.7 Å². The van der Waals surface area contributed by atoms with Crippen LogP contribution >= 0.6 is 0 Å². The number of ether oxygens (including phenoxy) is 1. The smallest absolute Gasteiger partial charge is 0.250 e. The number of fused-ring (bicyclic) bond motifs is 1. The Kier molecular flexibility index (Phi) is 5.13. The van der Waals surface area contributed by atoms with Crippen LogP contribution in [0.5, 0.6) is 5.75 Å². The molecular weight excluding hydrogens is 340 g/mol. The van der Waals surface area contributed by atoms with E-state index in [1.54, 1.807) is 19.3 Å². The first-order valence-electron chi connectivity index (χ1n) is 8.93. The topological polar surface area (TPSA) is 67.8 Å². The zero-order chi connectivity index (χ0) is 19.6. The van der Waals surface area contributed by atoms with Crippen LogP contribution in [0.3, 0.4) is 0 Å². The molecule has 3 rings (SSSR count). The van der Waals surface area contributed by atoms with Crippen LogP contribution in [-0.2, 0) is 16.0 Å². The van der Waals surface area contributed by atoms with Gasteiger partial charge in [0.05, 0.1) is 19.2 Å². The summed E-state index contributed by atoms with van der Waals surface area (Å²) < 4.78 is 5.12. The van der Waals surface area contributed by atoms with Crippen molar-refractivity contribution in [1.29, 1.82) is 0 Å². The van der Waals surface area contributed by atoms with Crippen molar-refractivity contribution in [2.45, 2.75) is 27.2 Å². The first-order chi connectivity index (χ1) is 12.8. The number of carbonyl (C=O) groups excluding carboxylic acids is 2. The van der Waals surface area contributed by atoms with Gasteiger partial charge in [0.15, 0.2) is 0 Å². The molecule has 0 saturated heterocycles. The normalized spacial score (nSPS) is 20.5. The van der Waals surface area contributed by atoms with Crippen LogP contribution in [0.1, 0.15) is 26.3 Å². The number of aliphatic imine (C=N–C) groups is 1. The summed E-state index contributed by atoms with van der Waals surface area (Å²) in [7, 11) is 1.60. The zero-order valence-electron chi connectivity index (χ0n) is 16.1. The van der Waals surface area contributed by atoms with E-state index in [2.05, 4.69) is 31.1 Å². The summed E-state index contributed by atoms with van der Waals surface area (Å²) in [5.41, 5.74) is 3.13. The van der Waals surface area contributed by atoms with Crippen LogP contribution in [-0.4, -0.2) is 24.6 Å². The molecule has 1 unspecified atom stereocenters. The maximum Gasteiger partial charge on any atom is 0.250 e. The second-order valence-electron chi connectivity index (χ2n) is 7.73.